The van der Waals surface area contributed by atoms with Crippen LogP contribution in [0.5, 0.6) is 0 Å². The summed E-state index contributed by atoms with van der Waals surface area (Å²) in [4.78, 5) is 14.3. The van der Waals surface area contributed by atoms with Crippen LogP contribution in [0.4, 0.5) is 0 Å². The van der Waals surface area contributed by atoms with Crippen molar-refractivity contribution in [3.63, 3.8) is 0 Å². The molecule has 0 saturated heterocycles. The summed E-state index contributed by atoms with van der Waals surface area (Å²) in [6.45, 7) is 0.738. The lowest BCUT2D eigenvalue weighted by molar-refractivity contribution is -0.127. The normalized spacial score (nSPS) is 15.1. The lowest BCUT2D eigenvalue weighted by atomic mass is 9.85. The van der Waals surface area contributed by atoms with Crippen molar-refractivity contribution in [2.24, 2.45) is 13.0 Å². The minimum atomic E-state index is 0.236. The zero-order valence-electron chi connectivity index (χ0n) is 11.6. The molecule has 2 aromatic rings. The molecular weight excluding hydrogens is 270 g/mol. The van der Waals surface area contributed by atoms with Gasteiger partial charge in [-0.15, -0.1) is 11.3 Å². The topological polar surface area (TPSA) is 46.9 Å². The second kappa shape index (κ2) is 5.79. The van der Waals surface area contributed by atoms with E-state index in [1.54, 1.807) is 11.3 Å². The third kappa shape index (κ3) is 2.93. The number of carbonyl (C=O) groups excluding carboxylic acids is 1. The average Bonchev–Trinajstić information content (AvgIpc) is 2.95. The third-order valence-corrected chi connectivity index (χ3v) is 4.99. The first-order valence-electron chi connectivity index (χ1n) is 7.08. The lowest BCUT2D eigenvalue weighted by Crippen LogP contribution is -2.35. The summed E-state index contributed by atoms with van der Waals surface area (Å²) in [5, 5.41) is 7.23. The van der Waals surface area contributed by atoms with Gasteiger partial charge in [-0.25, -0.2) is 0 Å². The molecule has 1 N–H and O–H groups in total. The Kier molecular flexibility index (Phi) is 3.87. The molecule has 3 rings (SSSR count). The Morgan fingerprint density at radius 1 is 1.50 bits per heavy atom. The van der Waals surface area contributed by atoms with E-state index in [1.807, 2.05) is 24.1 Å². The highest BCUT2D eigenvalue weighted by Gasteiger charge is 2.24. The second-order valence-electron chi connectivity index (χ2n) is 5.34. The van der Waals surface area contributed by atoms with E-state index in [-0.39, 0.29) is 11.8 Å². The van der Waals surface area contributed by atoms with Gasteiger partial charge in [-0.05, 0) is 31.4 Å². The Morgan fingerprint density at radius 2 is 2.35 bits per heavy atom. The van der Waals surface area contributed by atoms with Gasteiger partial charge in [0, 0.05) is 41.0 Å². The molecule has 1 saturated carbocycles. The first-order valence-corrected chi connectivity index (χ1v) is 7.89. The number of hydrogen-bond acceptors (Lipinski definition) is 3. The summed E-state index contributed by atoms with van der Waals surface area (Å²) in [6.07, 6.45) is 8.15. The van der Waals surface area contributed by atoms with E-state index >= 15 is 0 Å². The van der Waals surface area contributed by atoms with Crippen molar-refractivity contribution in [1.82, 2.24) is 15.1 Å². The van der Waals surface area contributed by atoms with E-state index < -0.39 is 0 Å². The van der Waals surface area contributed by atoms with Crippen LogP contribution in [0.3, 0.4) is 0 Å². The van der Waals surface area contributed by atoms with Gasteiger partial charge in [0.15, 0.2) is 0 Å². The quantitative estimate of drug-likeness (QED) is 0.919. The number of nitrogens with zero attached hydrogens (tertiary/aromatic N) is 2. The monoisotopic (exact) mass is 289 g/mol. The maximum Gasteiger partial charge on any atom is 0.223 e. The minimum Gasteiger partial charge on any atom is -0.356 e. The van der Waals surface area contributed by atoms with Crippen molar-refractivity contribution >= 4 is 17.2 Å². The van der Waals surface area contributed by atoms with E-state index in [2.05, 4.69) is 22.5 Å². The summed E-state index contributed by atoms with van der Waals surface area (Å²) in [6, 6.07) is 4.27. The van der Waals surface area contributed by atoms with Crippen LogP contribution in [-0.2, 0) is 18.3 Å². The van der Waals surface area contributed by atoms with Crippen LogP contribution >= 0.6 is 11.3 Å². The molecule has 4 nitrogen and oxygen atoms in total. The van der Waals surface area contributed by atoms with Gasteiger partial charge in [-0.3, -0.25) is 9.48 Å². The number of amides is 1. The zero-order chi connectivity index (χ0) is 13.9. The maximum atomic E-state index is 11.7. The summed E-state index contributed by atoms with van der Waals surface area (Å²) >= 11 is 1.77. The van der Waals surface area contributed by atoms with Gasteiger partial charge in [-0.1, -0.05) is 6.42 Å². The van der Waals surface area contributed by atoms with Crippen LogP contribution in [0.2, 0.25) is 0 Å². The SMILES string of the molecule is Cn1cc(-c2ccc(CCNC(=O)C3CCC3)s2)cn1. The molecule has 2 heterocycles. The highest BCUT2D eigenvalue weighted by atomic mass is 32.1. The van der Waals surface area contributed by atoms with E-state index in [0.717, 1.165) is 31.4 Å². The molecule has 1 aliphatic carbocycles. The van der Waals surface area contributed by atoms with Crippen LogP contribution in [0.15, 0.2) is 24.5 Å². The lowest BCUT2D eigenvalue weighted by Gasteiger charge is -2.23. The Morgan fingerprint density at radius 3 is 3.00 bits per heavy atom. The maximum absolute atomic E-state index is 11.7. The highest BCUT2D eigenvalue weighted by Crippen LogP contribution is 2.28. The van der Waals surface area contributed by atoms with Gasteiger partial charge < -0.3 is 5.32 Å². The van der Waals surface area contributed by atoms with Gasteiger partial charge in [0.1, 0.15) is 0 Å². The fourth-order valence-corrected chi connectivity index (χ4v) is 3.32. The molecule has 2 aromatic heterocycles. The van der Waals surface area contributed by atoms with Crippen LogP contribution < -0.4 is 5.32 Å². The Balaban J connectivity index is 1.51. The molecule has 0 unspecified atom stereocenters. The van der Waals surface area contributed by atoms with Crippen LogP contribution in [0.25, 0.3) is 10.4 Å². The molecule has 1 amide bonds. The number of rotatable bonds is 5. The molecule has 0 radical (unpaired) electrons. The second-order valence-corrected chi connectivity index (χ2v) is 6.51. The van der Waals surface area contributed by atoms with Crippen molar-refractivity contribution in [2.45, 2.75) is 25.7 Å². The minimum absolute atomic E-state index is 0.236. The largest absolute Gasteiger partial charge is 0.356 e. The van der Waals surface area contributed by atoms with Gasteiger partial charge in [0.05, 0.1) is 6.20 Å². The van der Waals surface area contributed by atoms with Gasteiger partial charge in [0.2, 0.25) is 5.91 Å². The molecule has 0 spiro atoms. The molecule has 5 heteroatoms. The van der Waals surface area contributed by atoms with Gasteiger partial charge >= 0.3 is 0 Å². The van der Waals surface area contributed by atoms with Crippen molar-refractivity contribution < 1.29 is 4.79 Å². The molecule has 0 bridgehead atoms. The molecule has 1 fully saturated rings. The summed E-state index contributed by atoms with van der Waals surface area (Å²) < 4.78 is 1.81. The Bertz CT molecular complexity index is 598. The van der Waals surface area contributed by atoms with Gasteiger partial charge in [-0.2, -0.15) is 5.10 Å². The van der Waals surface area contributed by atoms with E-state index in [0.29, 0.717) is 0 Å². The van der Waals surface area contributed by atoms with E-state index in [4.69, 9.17) is 0 Å². The fraction of sp³-hybridized carbons (Fsp3) is 0.467. The smallest absolute Gasteiger partial charge is 0.223 e. The molecule has 0 aromatic carbocycles. The fourth-order valence-electron chi connectivity index (χ4n) is 2.34. The number of aryl methyl sites for hydroxylation is 1. The molecule has 0 atom stereocenters. The number of nitrogens with one attached hydrogen (secondary N) is 1. The molecule has 1 aliphatic rings. The van der Waals surface area contributed by atoms with Gasteiger partial charge in [0.25, 0.3) is 0 Å². The standard InChI is InChI=1S/C15H19N3OS/c1-18-10-12(9-17-18)14-6-5-13(20-14)7-8-16-15(19)11-3-2-4-11/h5-6,9-11H,2-4,7-8H2,1H3,(H,16,19). The first kappa shape index (κ1) is 13.4. The predicted molar refractivity (Wildman–Crippen MR) is 80.6 cm³/mol. The van der Waals surface area contributed by atoms with E-state index in [9.17, 15) is 4.79 Å². The van der Waals surface area contributed by atoms with Crippen molar-refractivity contribution in [2.75, 3.05) is 6.54 Å². The summed E-state index contributed by atoms with van der Waals surface area (Å²) in [5.41, 5.74) is 1.15. The first-order chi connectivity index (χ1) is 9.72. The summed E-state index contributed by atoms with van der Waals surface area (Å²) in [7, 11) is 1.92. The van der Waals surface area contributed by atoms with E-state index in [1.165, 1.54) is 16.2 Å². The molecule has 20 heavy (non-hydrogen) atoms. The molecule has 106 valence electrons. The van der Waals surface area contributed by atoms with Crippen molar-refractivity contribution in [1.29, 1.82) is 0 Å². The molecule has 0 aliphatic heterocycles. The third-order valence-electron chi connectivity index (χ3n) is 3.80. The molecular formula is C15H19N3OS. The van der Waals surface area contributed by atoms with Crippen molar-refractivity contribution in [3.05, 3.63) is 29.4 Å². The highest BCUT2D eigenvalue weighted by molar-refractivity contribution is 7.15. The predicted octanol–water partition coefficient (Wildman–Crippen LogP) is 2.61. The average molecular weight is 289 g/mol. The van der Waals surface area contributed by atoms with Crippen LogP contribution in [0, 0.1) is 5.92 Å². The summed E-state index contributed by atoms with van der Waals surface area (Å²) in [5.74, 6) is 0.518. The van der Waals surface area contributed by atoms with Crippen LogP contribution in [0.1, 0.15) is 24.1 Å². The number of hydrogen-bond donors (Lipinski definition) is 1. The van der Waals surface area contributed by atoms with Crippen LogP contribution in [-0.4, -0.2) is 22.2 Å². The zero-order valence-corrected chi connectivity index (χ0v) is 12.4. The van der Waals surface area contributed by atoms with Crippen molar-refractivity contribution in [3.8, 4) is 10.4 Å². The Hall–Kier alpha value is -1.62. The number of carbonyl (C=O) groups is 1. The number of thiophene rings is 1. The Labute approximate surface area is 122 Å². The number of aromatic nitrogens is 2.